The van der Waals surface area contributed by atoms with Crippen molar-refractivity contribution < 1.29 is 18.7 Å². The number of aryl methyl sites for hydroxylation is 2. The van der Waals surface area contributed by atoms with Crippen LogP contribution in [0.2, 0.25) is 0 Å². The van der Waals surface area contributed by atoms with E-state index >= 15 is 0 Å². The van der Waals surface area contributed by atoms with E-state index in [1.54, 1.807) is 51.0 Å². The van der Waals surface area contributed by atoms with Crippen molar-refractivity contribution >= 4 is 28.2 Å². The van der Waals surface area contributed by atoms with Gasteiger partial charge in [-0.05, 0) is 50.2 Å². The van der Waals surface area contributed by atoms with Crippen molar-refractivity contribution in [2.45, 2.75) is 19.9 Å². The number of likely N-dealkylation sites (N-methyl/N-ethyl adjacent to an activating group) is 1. The van der Waals surface area contributed by atoms with Crippen LogP contribution >= 0.6 is 11.3 Å². The molecule has 31 heavy (non-hydrogen) atoms. The SMILES string of the molecule is CCOC(=O)c1sc(NC(=O)CN(C)[C@H](c2cccc(F)c2)c2cnn(C)c2)cc1C. The third-order valence-corrected chi connectivity index (χ3v) is 5.81. The fourth-order valence-corrected chi connectivity index (χ4v) is 4.38. The van der Waals surface area contributed by atoms with Crippen LogP contribution in [0.3, 0.4) is 0 Å². The first-order chi connectivity index (χ1) is 14.8. The van der Waals surface area contributed by atoms with Gasteiger partial charge in [0.25, 0.3) is 0 Å². The lowest BCUT2D eigenvalue weighted by atomic mass is 10.00. The van der Waals surface area contributed by atoms with Gasteiger partial charge in [0.2, 0.25) is 5.91 Å². The largest absolute Gasteiger partial charge is 0.462 e. The van der Waals surface area contributed by atoms with Crippen LogP contribution in [0, 0.1) is 12.7 Å². The Kier molecular flexibility index (Phi) is 7.19. The number of benzene rings is 1. The quantitative estimate of drug-likeness (QED) is 0.536. The van der Waals surface area contributed by atoms with E-state index in [4.69, 9.17) is 4.74 Å². The molecule has 164 valence electrons. The van der Waals surface area contributed by atoms with Gasteiger partial charge in [0, 0.05) is 18.8 Å². The third kappa shape index (κ3) is 5.56. The van der Waals surface area contributed by atoms with Crippen molar-refractivity contribution in [3.05, 3.63) is 70.1 Å². The van der Waals surface area contributed by atoms with Crippen LogP contribution in [-0.4, -0.2) is 46.8 Å². The van der Waals surface area contributed by atoms with E-state index in [0.717, 1.165) is 16.7 Å². The monoisotopic (exact) mass is 444 g/mol. The number of carbonyl (C=O) groups is 2. The average molecular weight is 445 g/mol. The van der Waals surface area contributed by atoms with Gasteiger partial charge < -0.3 is 10.1 Å². The molecule has 0 unspecified atom stereocenters. The fraction of sp³-hybridized carbons (Fsp3) is 0.318. The van der Waals surface area contributed by atoms with Crippen LogP contribution in [0.5, 0.6) is 0 Å². The number of anilines is 1. The number of hydrogen-bond donors (Lipinski definition) is 1. The van der Waals surface area contributed by atoms with E-state index in [2.05, 4.69) is 10.4 Å². The number of aromatic nitrogens is 2. The first-order valence-electron chi connectivity index (χ1n) is 9.80. The van der Waals surface area contributed by atoms with E-state index in [0.29, 0.717) is 16.5 Å². The Labute approximate surface area is 184 Å². The molecular weight excluding hydrogens is 419 g/mol. The zero-order chi connectivity index (χ0) is 22.5. The number of rotatable bonds is 8. The summed E-state index contributed by atoms with van der Waals surface area (Å²) < 4.78 is 20.6. The summed E-state index contributed by atoms with van der Waals surface area (Å²) in [5.74, 6) is -0.986. The molecule has 7 nitrogen and oxygen atoms in total. The number of hydrogen-bond acceptors (Lipinski definition) is 6. The topological polar surface area (TPSA) is 76.5 Å². The van der Waals surface area contributed by atoms with E-state index in [1.165, 1.54) is 23.5 Å². The molecular formula is C22H25FN4O3S. The molecule has 3 aromatic rings. The average Bonchev–Trinajstić information content (AvgIpc) is 3.27. The molecule has 2 aromatic heterocycles. The minimum atomic E-state index is -0.398. The predicted octanol–water partition coefficient (Wildman–Crippen LogP) is 3.77. The molecule has 1 aromatic carbocycles. The number of amides is 1. The number of thiophene rings is 1. The van der Waals surface area contributed by atoms with Crippen LogP contribution in [0.4, 0.5) is 9.39 Å². The van der Waals surface area contributed by atoms with Crippen LogP contribution in [0.1, 0.15) is 39.3 Å². The van der Waals surface area contributed by atoms with Gasteiger partial charge in [-0.3, -0.25) is 14.4 Å². The Morgan fingerprint density at radius 2 is 2.10 bits per heavy atom. The van der Waals surface area contributed by atoms with Crippen molar-refractivity contribution in [1.82, 2.24) is 14.7 Å². The molecule has 2 heterocycles. The van der Waals surface area contributed by atoms with Crippen molar-refractivity contribution in [2.24, 2.45) is 7.05 Å². The molecule has 1 atom stereocenters. The summed E-state index contributed by atoms with van der Waals surface area (Å²) in [6.07, 6.45) is 3.55. The van der Waals surface area contributed by atoms with Crippen molar-refractivity contribution in [3.8, 4) is 0 Å². The number of nitrogens with zero attached hydrogens (tertiary/aromatic N) is 3. The number of nitrogens with one attached hydrogen (secondary N) is 1. The normalized spacial score (nSPS) is 12.1. The first-order valence-corrected chi connectivity index (χ1v) is 10.6. The predicted molar refractivity (Wildman–Crippen MR) is 118 cm³/mol. The molecule has 1 N–H and O–H groups in total. The Hall–Kier alpha value is -3.04. The second-order valence-electron chi connectivity index (χ2n) is 7.21. The maximum Gasteiger partial charge on any atom is 0.348 e. The van der Waals surface area contributed by atoms with Gasteiger partial charge >= 0.3 is 5.97 Å². The molecule has 0 aliphatic heterocycles. The van der Waals surface area contributed by atoms with Crippen LogP contribution < -0.4 is 5.32 Å². The van der Waals surface area contributed by atoms with Gasteiger partial charge in [0.15, 0.2) is 0 Å². The lowest BCUT2D eigenvalue weighted by molar-refractivity contribution is -0.117. The van der Waals surface area contributed by atoms with Crippen LogP contribution in [-0.2, 0) is 16.6 Å². The molecule has 0 bridgehead atoms. The highest BCUT2D eigenvalue weighted by Crippen LogP contribution is 2.29. The second-order valence-corrected chi connectivity index (χ2v) is 8.26. The van der Waals surface area contributed by atoms with Gasteiger partial charge in [-0.1, -0.05) is 12.1 Å². The van der Waals surface area contributed by atoms with E-state index in [-0.39, 0.29) is 24.3 Å². The molecule has 0 aliphatic carbocycles. The summed E-state index contributed by atoms with van der Waals surface area (Å²) in [4.78, 5) is 27.0. The number of halogens is 1. The standard InChI is InChI=1S/C22H25FN4O3S/c1-5-30-22(29)21-14(2)9-19(31-21)25-18(28)13-26(3)20(16-11-24-27(4)12-16)15-7-6-8-17(23)10-15/h6-12,20H,5,13H2,1-4H3,(H,25,28)/t20-/m1/s1. The van der Waals surface area contributed by atoms with E-state index in [9.17, 15) is 14.0 Å². The zero-order valence-corrected chi connectivity index (χ0v) is 18.7. The molecule has 0 radical (unpaired) electrons. The fourth-order valence-electron chi connectivity index (χ4n) is 3.40. The molecule has 0 fully saturated rings. The molecule has 0 saturated heterocycles. The van der Waals surface area contributed by atoms with Crippen molar-refractivity contribution in [2.75, 3.05) is 25.5 Å². The van der Waals surface area contributed by atoms with Crippen LogP contribution in [0.25, 0.3) is 0 Å². The summed E-state index contributed by atoms with van der Waals surface area (Å²) in [6.45, 7) is 3.89. The molecule has 9 heteroatoms. The number of ether oxygens (including phenoxy) is 1. The lowest BCUT2D eigenvalue weighted by Crippen LogP contribution is -2.33. The van der Waals surface area contributed by atoms with Gasteiger partial charge in [0.05, 0.1) is 30.4 Å². The van der Waals surface area contributed by atoms with Gasteiger partial charge in [-0.2, -0.15) is 5.10 Å². The van der Waals surface area contributed by atoms with Gasteiger partial charge in [0.1, 0.15) is 10.7 Å². The van der Waals surface area contributed by atoms with E-state index < -0.39 is 5.97 Å². The highest BCUT2D eigenvalue weighted by Gasteiger charge is 2.24. The maximum atomic E-state index is 13.9. The minimum Gasteiger partial charge on any atom is -0.462 e. The lowest BCUT2D eigenvalue weighted by Gasteiger charge is -2.27. The van der Waals surface area contributed by atoms with Crippen molar-refractivity contribution in [3.63, 3.8) is 0 Å². The van der Waals surface area contributed by atoms with Gasteiger partial charge in [-0.25, -0.2) is 9.18 Å². The molecule has 0 saturated carbocycles. The Morgan fingerprint density at radius 1 is 1.32 bits per heavy atom. The van der Waals surface area contributed by atoms with Crippen LogP contribution in [0.15, 0.2) is 42.7 Å². The summed E-state index contributed by atoms with van der Waals surface area (Å²) in [5.41, 5.74) is 2.32. The zero-order valence-electron chi connectivity index (χ0n) is 17.9. The summed E-state index contributed by atoms with van der Waals surface area (Å²) in [6, 6.07) is 7.71. The minimum absolute atomic E-state index is 0.0573. The Morgan fingerprint density at radius 3 is 2.74 bits per heavy atom. The Balaban J connectivity index is 1.76. The molecule has 3 rings (SSSR count). The number of esters is 1. The highest BCUT2D eigenvalue weighted by molar-refractivity contribution is 7.18. The smallest absolute Gasteiger partial charge is 0.348 e. The highest BCUT2D eigenvalue weighted by atomic mass is 32.1. The van der Waals surface area contributed by atoms with Gasteiger partial charge in [-0.15, -0.1) is 11.3 Å². The van der Waals surface area contributed by atoms with Crippen molar-refractivity contribution in [1.29, 1.82) is 0 Å². The second kappa shape index (κ2) is 9.84. The molecule has 1 amide bonds. The van der Waals surface area contributed by atoms with E-state index in [1.807, 2.05) is 17.2 Å². The third-order valence-electron chi connectivity index (χ3n) is 4.68. The Bertz CT molecular complexity index is 1080. The summed E-state index contributed by atoms with van der Waals surface area (Å²) in [5, 5.41) is 7.62. The maximum absolute atomic E-state index is 13.9. The molecule has 0 spiro atoms. The number of carbonyl (C=O) groups excluding carboxylic acids is 2. The molecule has 0 aliphatic rings. The summed E-state index contributed by atoms with van der Waals surface area (Å²) in [7, 11) is 3.60. The first kappa shape index (κ1) is 22.6. The summed E-state index contributed by atoms with van der Waals surface area (Å²) >= 11 is 1.18.